The predicted octanol–water partition coefficient (Wildman–Crippen LogP) is 3.53. The number of rotatable bonds is 8. The summed E-state index contributed by atoms with van der Waals surface area (Å²) in [7, 11) is 1.08. The number of carbonyl (C=O) groups is 2. The number of benzene rings is 1. The highest BCUT2D eigenvalue weighted by Crippen LogP contribution is 2.28. The molecule has 1 N–H and O–H groups in total. The molecule has 1 rings (SSSR count). The van der Waals surface area contributed by atoms with Crippen molar-refractivity contribution in [1.82, 2.24) is 5.32 Å². The summed E-state index contributed by atoms with van der Waals surface area (Å²) in [6, 6.07) is 7.41. The lowest BCUT2D eigenvalue weighted by atomic mass is 9.99. The van der Waals surface area contributed by atoms with Gasteiger partial charge in [-0.3, -0.25) is 0 Å². The Labute approximate surface area is 140 Å². The second kappa shape index (κ2) is 9.20. The molecular formula is C17H23F2NO4. The van der Waals surface area contributed by atoms with Gasteiger partial charge in [0.1, 0.15) is 12.6 Å². The molecule has 24 heavy (non-hydrogen) atoms. The van der Waals surface area contributed by atoms with Crippen molar-refractivity contribution >= 4 is 12.1 Å². The maximum atomic E-state index is 13.9. The zero-order valence-electron chi connectivity index (χ0n) is 14.1. The van der Waals surface area contributed by atoms with Gasteiger partial charge >= 0.3 is 12.1 Å². The van der Waals surface area contributed by atoms with E-state index in [0.29, 0.717) is 0 Å². The number of nitrogens with one attached hydrogen (secondary N) is 1. The molecule has 0 saturated carbocycles. The number of methoxy groups -OCH3 is 1. The van der Waals surface area contributed by atoms with Crippen molar-refractivity contribution in [2.24, 2.45) is 5.92 Å². The van der Waals surface area contributed by atoms with Gasteiger partial charge in [-0.2, -0.15) is 0 Å². The second-order valence-corrected chi connectivity index (χ2v) is 5.94. The van der Waals surface area contributed by atoms with Crippen LogP contribution >= 0.6 is 0 Å². The van der Waals surface area contributed by atoms with Crippen molar-refractivity contribution in [3.05, 3.63) is 35.9 Å². The van der Waals surface area contributed by atoms with E-state index in [1.807, 2.05) is 6.07 Å². The van der Waals surface area contributed by atoms with Crippen LogP contribution in [0.2, 0.25) is 0 Å². The molecular weight excluding hydrogens is 320 g/mol. The van der Waals surface area contributed by atoms with E-state index < -0.39 is 30.4 Å². The molecule has 0 aliphatic rings. The van der Waals surface area contributed by atoms with Crippen LogP contribution in [0.4, 0.5) is 13.6 Å². The van der Waals surface area contributed by atoms with Crippen LogP contribution in [0.25, 0.3) is 0 Å². The summed E-state index contributed by atoms with van der Waals surface area (Å²) < 4.78 is 37.3. The molecule has 1 aromatic carbocycles. The second-order valence-electron chi connectivity index (χ2n) is 5.94. The molecule has 0 bridgehead atoms. The number of ether oxygens (including phenoxy) is 2. The average molecular weight is 343 g/mol. The highest BCUT2D eigenvalue weighted by molar-refractivity contribution is 5.81. The Morgan fingerprint density at radius 1 is 1.17 bits per heavy atom. The first-order valence-electron chi connectivity index (χ1n) is 7.66. The molecule has 0 radical (unpaired) electrons. The summed E-state index contributed by atoms with van der Waals surface area (Å²) in [6.45, 7) is 3.29. The van der Waals surface area contributed by atoms with Crippen LogP contribution in [0.3, 0.4) is 0 Å². The molecule has 1 atom stereocenters. The molecule has 1 aromatic rings. The third kappa shape index (κ3) is 7.39. The van der Waals surface area contributed by atoms with Gasteiger partial charge in [0.2, 0.25) is 0 Å². The van der Waals surface area contributed by atoms with Crippen LogP contribution in [0.1, 0.15) is 32.3 Å². The Balaban J connectivity index is 2.61. The van der Waals surface area contributed by atoms with E-state index in [4.69, 9.17) is 4.74 Å². The fraction of sp³-hybridized carbons (Fsp3) is 0.529. The van der Waals surface area contributed by atoms with E-state index in [2.05, 4.69) is 10.1 Å². The fourth-order valence-electron chi connectivity index (χ4n) is 2.22. The van der Waals surface area contributed by atoms with Crippen LogP contribution in [0, 0.1) is 5.92 Å². The number of alkyl halides is 2. The van der Waals surface area contributed by atoms with Crippen molar-refractivity contribution < 1.29 is 27.8 Å². The SMILES string of the molecule is COC(=O)C(CC(F)(F)CC(C)C)NC(=O)OCc1ccccc1. The monoisotopic (exact) mass is 343 g/mol. The first-order chi connectivity index (χ1) is 11.2. The van der Waals surface area contributed by atoms with Crippen molar-refractivity contribution in [3.63, 3.8) is 0 Å². The lowest BCUT2D eigenvalue weighted by Crippen LogP contribution is -2.45. The molecule has 0 fully saturated rings. The third-order valence-corrected chi connectivity index (χ3v) is 3.20. The summed E-state index contributed by atoms with van der Waals surface area (Å²) in [4.78, 5) is 23.4. The number of amides is 1. The lowest BCUT2D eigenvalue weighted by Gasteiger charge is -2.23. The molecule has 0 saturated heterocycles. The quantitative estimate of drug-likeness (QED) is 0.734. The minimum Gasteiger partial charge on any atom is -0.467 e. The Hall–Kier alpha value is -2.18. The molecule has 1 amide bonds. The van der Waals surface area contributed by atoms with E-state index >= 15 is 0 Å². The van der Waals surface area contributed by atoms with Crippen LogP contribution in [-0.2, 0) is 20.9 Å². The maximum Gasteiger partial charge on any atom is 0.408 e. The number of halogens is 2. The zero-order chi connectivity index (χ0) is 18.2. The summed E-state index contributed by atoms with van der Waals surface area (Å²) >= 11 is 0. The first kappa shape index (κ1) is 19.9. The van der Waals surface area contributed by atoms with Crippen LogP contribution in [0.5, 0.6) is 0 Å². The van der Waals surface area contributed by atoms with Gasteiger partial charge in [0.05, 0.1) is 7.11 Å². The average Bonchev–Trinajstić information content (AvgIpc) is 2.51. The number of hydrogen-bond donors (Lipinski definition) is 1. The third-order valence-electron chi connectivity index (χ3n) is 3.20. The highest BCUT2D eigenvalue weighted by Gasteiger charge is 2.37. The zero-order valence-corrected chi connectivity index (χ0v) is 14.1. The van der Waals surface area contributed by atoms with E-state index in [-0.39, 0.29) is 18.9 Å². The van der Waals surface area contributed by atoms with Crippen LogP contribution in [0.15, 0.2) is 30.3 Å². The molecule has 0 spiro atoms. The van der Waals surface area contributed by atoms with Gasteiger partial charge in [0.25, 0.3) is 5.92 Å². The predicted molar refractivity (Wildman–Crippen MR) is 84.6 cm³/mol. The van der Waals surface area contributed by atoms with Gasteiger partial charge in [-0.05, 0) is 11.5 Å². The summed E-state index contributed by atoms with van der Waals surface area (Å²) in [5.74, 6) is -4.28. The molecule has 1 unspecified atom stereocenters. The van der Waals surface area contributed by atoms with E-state index in [1.54, 1.807) is 38.1 Å². The van der Waals surface area contributed by atoms with Gasteiger partial charge in [-0.25, -0.2) is 18.4 Å². The minimum absolute atomic E-state index is 0.0248. The number of hydrogen-bond acceptors (Lipinski definition) is 4. The van der Waals surface area contributed by atoms with Crippen molar-refractivity contribution in [3.8, 4) is 0 Å². The van der Waals surface area contributed by atoms with Gasteiger partial charge in [0, 0.05) is 12.8 Å². The lowest BCUT2D eigenvalue weighted by molar-refractivity contribution is -0.146. The molecule has 7 heteroatoms. The Bertz CT molecular complexity index is 535. The Kier molecular flexibility index (Phi) is 7.61. The van der Waals surface area contributed by atoms with Gasteiger partial charge in [0.15, 0.2) is 0 Å². The fourth-order valence-corrected chi connectivity index (χ4v) is 2.22. The van der Waals surface area contributed by atoms with E-state index in [0.717, 1.165) is 12.7 Å². The summed E-state index contributed by atoms with van der Waals surface area (Å²) in [6.07, 6.45) is -2.17. The molecule has 134 valence electrons. The minimum atomic E-state index is -3.10. The molecule has 0 aromatic heterocycles. The standard InChI is InChI=1S/C17H23F2NO4/c1-12(2)9-17(18,19)10-14(15(21)23-3)20-16(22)24-11-13-7-5-4-6-8-13/h4-8,12,14H,9-11H2,1-3H3,(H,20,22). The Morgan fingerprint density at radius 3 is 2.33 bits per heavy atom. The van der Waals surface area contributed by atoms with Gasteiger partial charge < -0.3 is 14.8 Å². The van der Waals surface area contributed by atoms with Crippen molar-refractivity contribution in [2.45, 2.75) is 45.3 Å². The van der Waals surface area contributed by atoms with E-state index in [1.165, 1.54) is 0 Å². The maximum absolute atomic E-state index is 13.9. The normalized spacial score (nSPS) is 12.6. The number of carbonyl (C=O) groups excluding carboxylic acids is 2. The molecule has 0 aliphatic carbocycles. The smallest absolute Gasteiger partial charge is 0.408 e. The van der Waals surface area contributed by atoms with Crippen LogP contribution < -0.4 is 5.32 Å². The topological polar surface area (TPSA) is 64.6 Å². The summed E-state index contributed by atoms with van der Waals surface area (Å²) in [5, 5.41) is 2.15. The van der Waals surface area contributed by atoms with Gasteiger partial charge in [-0.1, -0.05) is 44.2 Å². The summed E-state index contributed by atoms with van der Waals surface area (Å²) in [5.41, 5.74) is 0.743. The molecule has 0 aliphatic heterocycles. The highest BCUT2D eigenvalue weighted by atomic mass is 19.3. The van der Waals surface area contributed by atoms with Crippen molar-refractivity contribution in [2.75, 3.05) is 7.11 Å². The number of alkyl carbamates (subject to hydrolysis) is 1. The Morgan fingerprint density at radius 2 is 1.79 bits per heavy atom. The number of esters is 1. The van der Waals surface area contributed by atoms with E-state index in [9.17, 15) is 18.4 Å². The van der Waals surface area contributed by atoms with Gasteiger partial charge in [-0.15, -0.1) is 0 Å². The van der Waals surface area contributed by atoms with Crippen molar-refractivity contribution in [1.29, 1.82) is 0 Å². The largest absolute Gasteiger partial charge is 0.467 e. The molecule has 0 heterocycles. The molecule has 5 nitrogen and oxygen atoms in total. The first-order valence-corrected chi connectivity index (χ1v) is 7.66. The van der Waals surface area contributed by atoms with Crippen LogP contribution in [-0.4, -0.2) is 31.1 Å².